The Kier molecular flexibility index (Phi) is 5.36. The average molecular weight is 309 g/mol. The number of hydrogen-bond donors (Lipinski definition) is 1. The molecule has 0 radical (unpaired) electrons. The van der Waals surface area contributed by atoms with E-state index >= 15 is 0 Å². The van der Waals surface area contributed by atoms with Crippen LogP contribution in [0.5, 0.6) is 0 Å². The highest BCUT2D eigenvalue weighted by molar-refractivity contribution is 7.89. The van der Waals surface area contributed by atoms with Crippen molar-refractivity contribution in [3.05, 3.63) is 36.0 Å². The Morgan fingerprint density at radius 1 is 1.38 bits per heavy atom. The molecule has 6 heteroatoms. The van der Waals surface area contributed by atoms with E-state index in [0.717, 1.165) is 30.2 Å². The molecular weight excluding hydrogens is 286 g/mol. The van der Waals surface area contributed by atoms with Gasteiger partial charge in [0.05, 0.1) is 5.75 Å². The molecule has 0 bridgehead atoms. The number of sulfonamides is 1. The molecule has 0 saturated carbocycles. The molecule has 1 fully saturated rings. The maximum atomic E-state index is 11.9. The fraction of sp³-hybridized carbons (Fsp3) is 0.533. The summed E-state index contributed by atoms with van der Waals surface area (Å²) in [6.45, 7) is 7.78. The summed E-state index contributed by atoms with van der Waals surface area (Å²) in [6, 6.07) is 3.89. The van der Waals surface area contributed by atoms with Crippen molar-refractivity contribution >= 4 is 15.8 Å². The van der Waals surface area contributed by atoms with Crippen LogP contribution in [0.2, 0.25) is 0 Å². The number of aromatic nitrogens is 1. The molecule has 2 heterocycles. The van der Waals surface area contributed by atoms with E-state index in [1.165, 1.54) is 12.8 Å². The van der Waals surface area contributed by atoms with Gasteiger partial charge in [0.2, 0.25) is 10.0 Å². The van der Waals surface area contributed by atoms with Gasteiger partial charge in [-0.15, -0.1) is 6.58 Å². The first kappa shape index (κ1) is 16.0. The van der Waals surface area contributed by atoms with Gasteiger partial charge in [-0.1, -0.05) is 12.1 Å². The second-order valence-corrected chi connectivity index (χ2v) is 7.27. The monoisotopic (exact) mass is 309 g/mol. The maximum Gasteiger partial charge on any atom is 0.212 e. The molecule has 0 spiro atoms. The van der Waals surface area contributed by atoms with Gasteiger partial charge >= 0.3 is 0 Å². The molecule has 0 atom stereocenters. The van der Waals surface area contributed by atoms with Gasteiger partial charge in [-0.2, -0.15) is 0 Å². The minimum atomic E-state index is -3.26. The first-order valence-electron chi connectivity index (χ1n) is 7.31. The summed E-state index contributed by atoms with van der Waals surface area (Å²) >= 11 is 0. The molecule has 5 nitrogen and oxygen atoms in total. The van der Waals surface area contributed by atoms with Crippen molar-refractivity contribution in [2.75, 3.05) is 23.7 Å². The minimum absolute atomic E-state index is 0.0782. The van der Waals surface area contributed by atoms with E-state index in [0.29, 0.717) is 13.0 Å². The highest BCUT2D eigenvalue weighted by atomic mass is 32.2. The van der Waals surface area contributed by atoms with Crippen LogP contribution in [0, 0.1) is 6.92 Å². The van der Waals surface area contributed by atoms with E-state index in [9.17, 15) is 8.42 Å². The lowest BCUT2D eigenvalue weighted by Crippen LogP contribution is -2.28. The lowest BCUT2D eigenvalue weighted by Gasteiger charge is -2.20. The topological polar surface area (TPSA) is 62.3 Å². The van der Waals surface area contributed by atoms with Crippen molar-refractivity contribution in [3.63, 3.8) is 0 Å². The van der Waals surface area contributed by atoms with E-state index in [4.69, 9.17) is 0 Å². The van der Waals surface area contributed by atoms with Crippen molar-refractivity contribution in [2.45, 2.75) is 32.7 Å². The molecule has 21 heavy (non-hydrogen) atoms. The molecule has 1 saturated heterocycles. The van der Waals surface area contributed by atoms with Crippen LogP contribution in [0.1, 0.15) is 30.5 Å². The predicted molar refractivity (Wildman–Crippen MR) is 85.9 cm³/mol. The quantitative estimate of drug-likeness (QED) is 0.782. The highest BCUT2D eigenvalue weighted by Crippen LogP contribution is 2.23. The summed E-state index contributed by atoms with van der Waals surface area (Å²) in [7, 11) is -3.26. The number of nitrogens with one attached hydrogen (secondary N) is 1. The zero-order valence-corrected chi connectivity index (χ0v) is 13.3. The van der Waals surface area contributed by atoms with Gasteiger partial charge in [0.15, 0.2) is 0 Å². The number of rotatable bonds is 7. The molecule has 0 unspecified atom stereocenters. The van der Waals surface area contributed by atoms with E-state index in [2.05, 4.69) is 21.2 Å². The lowest BCUT2D eigenvalue weighted by atomic mass is 10.2. The van der Waals surface area contributed by atoms with E-state index < -0.39 is 10.0 Å². The van der Waals surface area contributed by atoms with Crippen molar-refractivity contribution in [2.24, 2.45) is 0 Å². The Hall–Kier alpha value is -1.40. The van der Waals surface area contributed by atoms with Gasteiger partial charge in [0, 0.05) is 30.9 Å². The molecular formula is C15H23N3O2S. The Morgan fingerprint density at radius 3 is 2.76 bits per heavy atom. The molecule has 0 aliphatic carbocycles. The largest absolute Gasteiger partial charge is 0.356 e. The number of hydrogen-bond acceptors (Lipinski definition) is 4. The number of pyridine rings is 1. The molecule has 1 N–H and O–H groups in total. The molecule has 1 aliphatic heterocycles. The van der Waals surface area contributed by atoms with Gasteiger partial charge in [0.25, 0.3) is 0 Å². The van der Waals surface area contributed by atoms with Crippen LogP contribution < -0.4 is 9.62 Å². The van der Waals surface area contributed by atoms with Gasteiger partial charge in [-0.05, 0) is 32.3 Å². The summed E-state index contributed by atoms with van der Waals surface area (Å²) in [6.07, 6.45) is 4.41. The Bertz CT molecular complexity index is 593. The van der Waals surface area contributed by atoms with Crippen molar-refractivity contribution < 1.29 is 8.42 Å². The number of aryl methyl sites for hydroxylation is 1. The fourth-order valence-corrected chi connectivity index (χ4v) is 3.41. The maximum absolute atomic E-state index is 11.9. The normalized spacial score (nSPS) is 15.4. The van der Waals surface area contributed by atoms with Crippen LogP contribution in [0.4, 0.5) is 5.82 Å². The summed E-state index contributed by atoms with van der Waals surface area (Å²) in [5.41, 5.74) is 1.89. The molecule has 0 amide bonds. The van der Waals surface area contributed by atoms with Crippen molar-refractivity contribution in [1.82, 2.24) is 9.71 Å². The van der Waals surface area contributed by atoms with E-state index in [-0.39, 0.29) is 5.75 Å². The molecule has 0 aromatic carbocycles. The van der Waals surface area contributed by atoms with Crippen molar-refractivity contribution in [3.8, 4) is 0 Å². The summed E-state index contributed by atoms with van der Waals surface area (Å²) in [5, 5.41) is 0. The SMILES string of the molecule is C=CCCS(=O)(=O)NCc1ccc(C)nc1N1CCCC1. The smallest absolute Gasteiger partial charge is 0.212 e. The first-order valence-corrected chi connectivity index (χ1v) is 8.97. The van der Waals surface area contributed by atoms with Crippen molar-refractivity contribution in [1.29, 1.82) is 0 Å². The zero-order valence-electron chi connectivity index (χ0n) is 12.5. The molecule has 1 aromatic rings. The third-order valence-corrected chi connectivity index (χ3v) is 4.93. The van der Waals surface area contributed by atoms with E-state index in [1.807, 2.05) is 19.1 Å². The third-order valence-electron chi connectivity index (χ3n) is 3.57. The van der Waals surface area contributed by atoms with Gasteiger partial charge < -0.3 is 4.90 Å². The van der Waals surface area contributed by atoms with Crippen LogP contribution in [-0.2, 0) is 16.6 Å². The number of allylic oxidation sites excluding steroid dienone is 1. The Labute approximate surface area is 127 Å². The number of anilines is 1. The number of nitrogens with zero attached hydrogens (tertiary/aromatic N) is 2. The molecule has 2 rings (SSSR count). The van der Waals surface area contributed by atoms with Crippen LogP contribution in [0.25, 0.3) is 0 Å². The van der Waals surface area contributed by atoms with Crippen LogP contribution >= 0.6 is 0 Å². The highest BCUT2D eigenvalue weighted by Gasteiger charge is 2.18. The third kappa shape index (κ3) is 4.54. The zero-order chi connectivity index (χ0) is 15.3. The molecule has 1 aliphatic rings. The fourth-order valence-electron chi connectivity index (χ4n) is 2.41. The summed E-state index contributed by atoms with van der Waals surface area (Å²) < 4.78 is 26.4. The minimum Gasteiger partial charge on any atom is -0.356 e. The van der Waals surface area contributed by atoms with Crippen LogP contribution in [-0.4, -0.2) is 32.2 Å². The summed E-state index contributed by atoms with van der Waals surface area (Å²) in [4.78, 5) is 6.83. The Balaban J connectivity index is 2.10. The van der Waals surface area contributed by atoms with Crippen LogP contribution in [0.3, 0.4) is 0 Å². The van der Waals surface area contributed by atoms with Gasteiger partial charge in [-0.3, -0.25) is 0 Å². The van der Waals surface area contributed by atoms with Crippen LogP contribution in [0.15, 0.2) is 24.8 Å². The lowest BCUT2D eigenvalue weighted by molar-refractivity contribution is 0.581. The standard InChI is InChI=1S/C15H23N3O2S/c1-3-4-11-21(19,20)16-12-14-8-7-13(2)17-15(14)18-9-5-6-10-18/h3,7-8,16H,1,4-6,9-12H2,2H3. The average Bonchev–Trinajstić information content (AvgIpc) is 2.98. The van der Waals surface area contributed by atoms with E-state index in [1.54, 1.807) is 6.08 Å². The van der Waals surface area contributed by atoms with Gasteiger partial charge in [0.1, 0.15) is 5.82 Å². The second-order valence-electron chi connectivity index (χ2n) is 5.35. The molecule has 1 aromatic heterocycles. The second kappa shape index (κ2) is 7.04. The molecule has 116 valence electrons. The predicted octanol–water partition coefficient (Wildman–Crippen LogP) is 1.99. The Morgan fingerprint density at radius 2 is 2.10 bits per heavy atom. The first-order chi connectivity index (χ1) is 10.0. The summed E-state index contributed by atoms with van der Waals surface area (Å²) in [5.74, 6) is 0.994. The van der Waals surface area contributed by atoms with Gasteiger partial charge in [-0.25, -0.2) is 18.1 Å².